The third-order valence-corrected chi connectivity index (χ3v) is 3.29. The van der Waals surface area contributed by atoms with Crippen LogP contribution in [-0.4, -0.2) is 25.8 Å². The van der Waals surface area contributed by atoms with Crippen LogP contribution in [0.4, 0.5) is 0 Å². The van der Waals surface area contributed by atoms with E-state index in [0.29, 0.717) is 23.5 Å². The number of amides is 1. The number of hydrogen-bond acceptors (Lipinski definition) is 4. The van der Waals surface area contributed by atoms with E-state index in [9.17, 15) is 4.79 Å². The molecule has 0 aliphatic heterocycles. The molecule has 0 unspecified atom stereocenters. The highest BCUT2D eigenvalue weighted by Gasteiger charge is 2.06. The monoisotopic (exact) mass is 312 g/mol. The number of hydrazone groups is 1. The standard InChI is InChI=1S/C18H20N2O3/c1-13(19-20-18(21)15-7-5-4-6-8-15)11-14-9-10-16(22-2)17(12-14)23-3/h4-10,12H,11H2,1-3H3,(H,20,21)/b19-13+. The minimum atomic E-state index is -0.225. The predicted molar refractivity (Wildman–Crippen MR) is 90.3 cm³/mol. The Balaban J connectivity index is 2.01. The van der Waals surface area contributed by atoms with Crippen LogP contribution in [0.25, 0.3) is 0 Å². The highest BCUT2D eigenvalue weighted by molar-refractivity contribution is 5.95. The van der Waals surface area contributed by atoms with E-state index in [2.05, 4.69) is 10.5 Å². The first-order chi connectivity index (χ1) is 11.1. The summed E-state index contributed by atoms with van der Waals surface area (Å²) in [5, 5.41) is 4.14. The Kier molecular flexibility index (Phi) is 5.74. The number of nitrogens with zero attached hydrogens (tertiary/aromatic N) is 1. The second-order valence-corrected chi connectivity index (χ2v) is 5.02. The summed E-state index contributed by atoms with van der Waals surface area (Å²) in [6.07, 6.45) is 0.607. The quantitative estimate of drug-likeness (QED) is 0.659. The molecule has 0 fully saturated rings. The fourth-order valence-corrected chi connectivity index (χ4v) is 2.13. The van der Waals surface area contributed by atoms with Gasteiger partial charge in [-0.25, -0.2) is 5.43 Å². The van der Waals surface area contributed by atoms with E-state index in [1.807, 2.05) is 43.3 Å². The van der Waals surface area contributed by atoms with Crippen LogP contribution in [0.1, 0.15) is 22.8 Å². The van der Waals surface area contributed by atoms with E-state index in [0.717, 1.165) is 11.3 Å². The predicted octanol–water partition coefficient (Wildman–Crippen LogP) is 3.05. The fraction of sp³-hybridized carbons (Fsp3) is 0.222. The van der Waals surface area contributed by atoms with Crippen molar-refractivity contribution in [2.45, 2.75) is 13.3 Å². The van der Waals surface area contributed by atoms with Crippen LogP contribution in [0.5, 0.6) is 11.5 Å². The van der Waals surface area contributed by atoms with Gasteiger partial charge in [0.05, 0.1) is 14.2 Å². The third-order valence-electron chi connectivity index (χ3n) is 3.29. The summed E-state index contributed by atoms with van der Waals surface area (Å²) in [5.74, 6) is 1.13. The molecule has 0 spiro atoms. The lowest BCUT2D eigenvalue weighted by Crippen LogP contribution is -2.19. The molecule has 0 saturated carbocycles. The molecule has 2 rings (SSSR count). The van der Waals surface area contributed by atoms with Gasteiger partial charge >= 0.3 is 0 Å². The molecule has 2 aromatic carbocycles. The zero-order valence-electron chi connectivity index (χ0n) is 13.5. The smallest absolute Gasteiger partial charge is 0.271 e. The van der Waals surface area contributed by atoms with E-state index >= 15 is 0 Å². The molecule has 0 heterocycles. The Morgan fingerprint density at radius 3 is 2.39 bits per heavy atom. The van der Waals surface area contributed by atoms with Gasteiger partial charge in [0.1, 0.15) is 0 Å². The fourth-order valence-electron chi connectivity index (χ4n) is 2.13. The minimum absolute atomic E-state index is 0.225. The molecule has 1 amide bonds. The number of carbonyl (C=O) groups excluding carboxylic acids is 1. The molecule has 2 aromatic rings. The van der Waals surface area contributed by atoms with Crippen molar-refractivity contribution in [2.24, 2.45) is 5.10 Å². The van der Waals surface area contributed by atoms with Gasteiger partial charge in [0, 0.05) is 17.7 Å². The zero-order chi connectivity index (χ0) is 16.7. The number of rotatable bonds is 6. The van der Waals surface area contributed by atoms with Gasteiger partial charge in [-0.15, -0.1) is 0 Å². The maximum absolute atomic E-state index is 11.9. The Labute approximate surface area is 135 Å². The van der Waals surface area contributed by atoms with Crippen molar-refractivity contribution in [1.82, 2.24) is 5.43 Å². The van der Waals surface area contributed by atoms with E-state index in [1.54, 1.807) is 26.4 Å². The number of methoxy groups -OCH3 is 2. The molecular formula is C18H20N2O3. The molecule has 5 nitrogen and oxygen atoms in total. The third kappa shape index (κ3) is 4.57. The summed E-state index contributed by atoms with van der Waals surface area (Å²) >= 11 is 0. The molecule has 1 N–H and O–H groups in total. The summed E-state index contributed by atoms with van der Waals surface area (Å²) in [7, 11) is 3.20. The van der Waals surface area contributed by atoms with Gasteiger partial charge in [-0.3, -0.25) is 4.79 Å². The summed E-state index contributed by atoms with van der Waals surface area (Å²) in [6.45, 7) is 1.86. The van der Waals surface area contributed by atoms with Crippen molar-refractivity contribution >= 4 is 11.6 Å². The second-order valence-electron chi connectivity index (χ2n) is 5.02. The Morgan fingerprint density at radius 2 is 1.74 bits per heavy atom. The van der Waals surface area contributed by atoms with Crippen LogP contribution in [0.2, 0.25) is 0 Å². The van der Waals surface area contributed by atoms with Gasteiger partial charge in [-0.1, -0.05) is 24.3 Å². The highest BCUT2D eigenvalue weighted by atomic mass is 16.5. The number of hydrogen-bond donors (Lipinski definition) is 1. The number of carbonyl (C=O) groups is 1. The minimum Gasteiger partial charge on any atom is -0.493 e. The van der Waals surface area contributed by atoms with Gasteiger partial charge in [0.15, 0.2) is 11.5 Å². The van der Waals surface area contributed by atoms with Crippen molar-refractivity contribution in [3.8, 4) is 11.5 Å². The number of nitrogens with one attached hydrogen (secondary N) is 1. The van der Waals surface area contributed by atoms with E-state index in [1.165, 1.54) is 0 Å². The Hall–Kier alpha value is -2.82. The highest BCUT2D eigenvalue weighted by Crippen LogP contribution is 2.27. The molecule has 0 aliphatic rings. The average molecular weight is 312 g/mol. The molecule has 0 aromatic heterocycles. The van der Waals surface area contributed by atoms with Crippen LogP contribution in [0.3, 0.4) is 0 Å². The van der Waals surface area contributed by atoms with Crippen LogP contribution in [-0.2, 0) is 6.42 Å². The van der Waals surface area contributed by atoms with Crippen LogP contribution in [0, 0.1) is 0 Å². The summed E-state index contributed by atoms with van der Waals surface area (Å²) < 4.78 is 10.5. The summed E-state index contributed by atoms with van der Waals surface area (Å²) in [6, 6.07) is 14.7. The molecule has 23 heavy (non-hydrogen) atoms. The van der Waals surface area contributed by atoms with Crippen molar-refractivity contribution in [3.05, 3.63) is 59.7 Å². The van der Waals surface area contributed by atoms with E-state index in [4.69, 9.17) is 9.47 Å². The first-order valence-electron chi connectivity index (χ1n) is 7.23. The molecular weight excluding hydrogens is 292 g/mol. The first-order valence-corrected chi connectivity index (χ1v) is 7.23. The van der Waals surface area contributed by atoms with Crippen LogP contribution in [0.15, 0.2) is 53.6 Å². The zero-order valence-corrected chi connectivity index (χ0v) is 13.5. The SMILES string of the molecule is COc1ccc(C/C(C)=N/NC(=O)c2ccccc2)cc1OC. The molecule has 120 valence electrons. The molecule has 0 radical (unpaired) electrons. The molecule has 0 aliphatic carbocycles. The number of ether oxygens (including phenoxy) is 2. The second kappa shape index (κ2) is 7.98. The maximum Gasteiger partial charge on any atom is 0.271 e. The number of benzene rings is 2. The Bertz CT molecular complexity index is 697. The van der Waals surface area contributed by atoms with Gasteiger partial charge < -0.3 is 9.47 Å². The summed E-state index contributed by atoms with van der Waals surface area (Å²) in [4.78, 5) is 11.9. The van der Waals surface area contributed by atoms with Gasteiger partial charge in [0.2, 0.25) is 0 Å². The molecule has 0 bridgehead atoms. The van der Waals surface area contributed by atoms with E-state index in [-0.39, 0.29) is 5.91 Å². The van der Waals surface area contributed by atoms with Crippen molar-refractivity contribution in [3.63, 3.8) is 0 Å². The van der Waals surface area contributed by atoms with E-state index < -0.39 is 0 Å². The largest absolute Gasteiger partial charge is 0.493 e. The van der Waals surface area contributed by atoms with Crippen molar-refractivity contribution < 1.29 is 14.3 Å². The lowest BCUT2D eigenvalue weighted by Gasteiger charge is -2.09. The lowest BCUT2D eigenvalue weighted by atomic mass is 10.1. The molecule has 0 saturated heterocycles. The van der Waals surface area contributed by atoms with Crippen LogP contribution >= 0.6 is 0 Å². The van der Waals surface area contributed by atoms with Gasteiger partial charge in [-0.2, -0.15) is 5.10 Å². The van der Waals surface area contributed by atoms with Gasteiger partial charge in [0.25, 0.3) is 5.91 Å². The molecule has 0 atom stereocenters. The average Bonchev–Trinajstić information content (AvgIpc) is 2.60. The Morgan fingerprint density at radius 1 is 1.04 bits per heavy atom. The first kappa shape index (κ1) is 16.5. The molecule has 5 heteroatoms. The van der Waals surface area contributed by atoms with Crippen molar-refractivity contribution in [1.29, 1.82) is 0 Å². The lowest BCUT2D eigenvalue weighted by molar-refractivity contribution is 0.0954. The normalized spacial score (nSPS) is 11.0. The maximum atomic E-state index is 11.9. The van der Waals surface area contributed by atoms with Crippen LogP contribution < -0.4 is 14.9 Å². The van der Waals surface area contributed by atoms with Crippen molar-refractivity contribution in [2.75, 3.05) is 14.2 Å². The van der Waals surface area contributed by atoms with Gasteiger partial charge in [-0.05, 0) is 36.8 Å². The summed E-state index contributed by atoms with van der Waals surface area (Å²) in [5.41, 5.74) is 4.96. The topological polar surface area (TPSA) is 59.9 Å².